The number of rotatable bonds is 6. The number of amides is 1. The van der Waals surface area contributed by atoms with E-state index in [9.17, 15) is 26.7 Å². The van der Waals surface area contributed by atoms with Gasteiger partial charge in [-0.3, -0.25) is 4.79 Å². The maximum Gasteiger partial charge on any atom is 0.390 e. The Labute approximate surface area is 188 Å². The molecule has 1 saturated carbocycles. The van der Waals surface area contributed by atoms with Gasteiger partial charge in [0.15, 0.2) is 0 Å². The monoisotopic (exact) mass is 479 g/mol. The molecule has 8 nitrogen and oxygen atoms in total. The summed E-state index contributed by atoms with van der Waals surface area (Å²) in [6.07, 6.45) is 0.161. The second kappa shape index (κ2) is 7.92. The predicted octanol–water partition coefficient (Wildman–Crippen LogP) is 4.16. The maximum absolute atomic E-state index is 13.1. The number of aromatic amines is 1. The molecule has 1 aliphatic rings. The topological polar surface area (TPSA) is 100 Å². The number of carbonyl (C=O) groups excluding carboxylic acids is 1. The highest BCUT2D eigenvalue weighted by Crippen LogP contribution is 2.37. The van der Waals surface area contributed by atoms with Gasteiger partial charge in [0.2, 0.25) is 5.95 Å². The molecule has 0 aliphatic heterocycles. The van der Waals surface area contributed by atoms with Crippen LogP contribution in [0.5, 0.6) is 0 Å². The molecule has 0 bridgehead atoms. The van der Waals surface area contributed by atoms with Gasteiger partial charge in [0.05, 0.1) is 23.7 Å². The lowest BCUT2D eigenvalue weighted by Gasteiger charge is -2.35. The van der Waals surface area contributed by atoms with E-state index in [0.717, 1.165) is 0 Å². The van der Waals surface area contributed by atoms with Crippen LogP contribution in [0, 0.1) is 0 Å². The summed E-state index contributed by atoms with van der Waals surface area (Å²) in [6.45, 7) is -0.343. The SMILES string of the molecule is O=C(NC1CC(F)(F)C1)c1cnn2ccc(-c3c[nH]c4nc(NCCC(F)(F)F)ncc34)cc12. The number of H-pyrrole nitrogens is 1. The predicted molar refractivity (Wildman–Crippen MR) is 113 cm³/mol. The van der Waals surface area contributed by atoms with Crippen LogP contribution in [0.1, 0.15) is 29.6 Å². The number of fused-ring (bicyclic) bond motifs is 2. The first kappa shape index (κ1) is 22.0. The summed E-state index contributed by atoms with van der Waals surface area (Å²) in [7, 11) is 0. The normalized spacial score (nSPS) is 16.0. The quantitative estimate of drug-likeness (QED) is 0.361. The Kier molecular flexibility index (Phi) is 5.14. The van der Waals surface area contributed by atoms with Gasteiger partial charge in [-0.1, -0.05) is 0 Å². The van der Waals surface area contributed by atoms with Crippen molar-refractivity contribution in [2.45, 2.75) is 37.4 Å². The zero-order valence-electron chi connectivity index (χ0n) is 17.5. The Morgan fingerprint density at radius 3 is 2.79 bits per heavy atom. The van der Waals surface area contributed by atoms with Crippen LogP contribution in [-0.2, 0) is 0 Å². The van der Waals surface area contributed by atoms with E-state index in [2.05, 4.69) is 30.7 Å². The van der Waals surface area contributed by atoms with E-state index in [1.54, 1.807) is 24.5 Å². The molecule has 4 heterocycles. The molecular weight excluding hydrogens is 461 g/mol. The number of halogens is 5. The second-order valence-electron chi connectivity index (χ2n) is 8.19. The molecular formula is C21H18F5N7O. The van der Waals surface area contributed by atoms with Gasteiger partial charge in [0, 0.05) is 55.0 Å². The first-order chi connectivity index (χ1) is 16.1. The number of alkyl halides is 5. The third kappa shape index (κ3) is 4.37. The highest BCUT2D eigenvalue weighted by molar-refractivity contribution is 6.02. The fraction of sp³-hybridized carbons (Fsp3) is 0.333. The van der Waals surface area contributed by atoms with Crippen molar-refractivity contribution >= 4 is 28.4 Å². The number of nitrogens with zero attached hydrogens (tertiary/aromatic N) is 4. The molecule has 1 aliphatic carbocycles. The molecule has 34 heavy (non-hydrogen) atoms. The molecule has 4 aromatic rings. The number of nitrogens with one attached hydrogen (secondary N) is 3. The largest absolute Gasteiger partial charge is 0.390 e. The highest BCUT2D eigenvalue weighted by Gasteiger charge is 2.46. The minimum absolute atomic E-state index is 0.0666. The van der Waals surface area contributed by atoms with Crippen molar-refractivity contribution in [3.63, 3.8) is 0 Å². The Balaban J connectivity index is 1.38. The van der Waals surface area contributed by atoms with Crippen LogP contribution in [0.2, 0.25) is 0 Å². The molecule has 178 valence electrons. The van der Waals surface area contributed by atoms with Crippen molar-refractivity contribution in [1.29, 1.82) is 0 Å². The molecule has 0 saturated heterocycles. The molecule has 0 radical (unpaired) electrons. The van der Waals surface area contributed by atoms with Crippen LogP contribution in [0.25, 0.3) is 27.7 Å². The summed E-state index contributed by atoms with van der Waals surface area (Å²) >= 11 is 0. The fourth-order valence-electron chi connectivity index (χ4n) is 3.90. The Hall–Kier alpha value is -3.77. The minimum Gasteiger partial charge on any atom is -0.354 e. The van der Waals surface area contributed by atoms with Crippen molar-refractivity contribution in [3.8, 4) is 11.1 Å². The molecule has 0 aromatic carbocycles. The third-order valence-electron chi connectivity index (χ3n) is 5.63. The van der Waals surface area contributed by atoms with Crippen LogP contribution in [0.15, 0.2) is 36.9 Å². The number of aromatic nitrogens is 5. The molecule has 1 amide bonds. The van der Waals surface area contributed by atoms with Crippen molar-refractivity contribution in [2.75, 3.05) is 11.9 Å². The molecule has 1 fully saturated rings. The van der Waals surface area contributed by atoms with E-state index < -0.39 is 30.5 Å². The van der Waals surface area contributed by atoms with E-state index in [1.165, 1.54) is 16.9 Å². The molecule has 13 heteroatoms. The zero-order chi connectivity index (χ0) is 24.1. The Morgan fingerprint density at radius 1 is 1.26 bits per heavy atom. The summed E-state index contributed by atoms with van der Waals surface area (Å²) in [5.41, 5.74) is 2.60. The lowest BCUT2D eigenvalue weighted by molar-refractivity contribution is -0.131. The van der Waals surface area contributed by atoms with Crippen molar-refractivity contribution in [1.82, 2.24) is 29.9 Å². The van der Waals surface area contributed by atoms with E-state index in [0.29, 0.717) is 27.7 Å². The van der Waals surface area contributed by atoms with Crippen LogP contribution in [-0.4, -0.2) is 55.2 Å². The van der Waals surface area contributed by atoms with Gasteiger partial charge in [-0.2, -0.15) is 23.3 Å². The standard InChI is InChI=1S/C21H18F5N7O/c22-20(23)6-12(7-20)31-18(34)15-10-30-33-4-1-11(5-16(15)33)13-8-28-17-14(13)9-29-19(32-17)27-3-2-21(24,25)26/h1,4-5,8-10,12H,2-3,6-7H2,(H,31,34)(H2,27,28,29,32). The number of hydrogen-bond donors (Lipinski definition) is 3. The van der Waals surface area contributed by atoms with Crippen LogP contribution in [0.3, 0.4) is 0 Å². The number of carbonyl (C=O) groups is 1. The van der Waals surface area contributed by atoms with E-state index in [-0.39, 0.29) is 30.9 Å². The van der Waals surface area contributed by atoms with Gasteiger partial charge in [0.1, 0.15) is 5.65 Å². The van der Waals surface area contributed by atoms with Gasteiger partial charge >= 0.3 is 6.18 Å². The van der Waals surface area contributed by atoms with Crippen LogP contribution in [0.4, 0.5) is 27.9 Å². The smallest absolute Gasteiger partial charge is 0.354 e. The molecule has 0 atom stereocenters. The molecule has 0 spiro atoms. The summed E-state index contributed by atoms with van der Waals surface area (Å²) in [5, 5.41) is 9.94. The van der Waals surface area contributed by atoms with E-state index in [4.69, 9.17) is 0 Å². The van der Waals surface area contributed by atoms with Gasteiger partial charge in [-0.05, 0) is 17.7 Å². The summed E-state index contributed by atoms with van der Waals surface area (Å²) in [5.74, 6) is -3.15. The number of hydrogen-bond acceptors (Lipinski definition) is 5. The summed E-state index contributed by atoms with van der Waals surface area (Å²) in [4.78, 5) is 23.9. The highest BCUT2D eigenvalue weighted by atomic mass is 19.4. The van der Waals surface area contributed by atoms with Crippen molar-refractivity contribution in [2.24, 2.45) is 0 Å². The second-order valence-corrected chi connectivity index (χ2v) is 8.19. The average Bonchev–Trinajstić information content (AvgIpc) is 3.34. The first-order valence-electron chi connectivity index (χ1n) is 10.4. The lowest BCUT2D eigenvalue weighted by atomic mass is 9.88. The third-order valence-corrected chi connectivity index (χ3v) is 5.63. The maximum atomic E-state index is 13.1. The molecule has 0 unspecified atom stereocenters. The minimum atomic E-state index is -4.28. The Morgan fingerprint density at radius 2 is 2.06 bits per heavy atom. The average molecular weight is 479 g/mol. The summed E-state index contributed by atoms with van der Waals surface area (Å²) in [6, 6.07) is 2.92. The van der Waals surface area contributed by atoms with E-state index in [1.807, 2.05) is 0 Å². The lowest BCUT2D eigenvalue weighted by Crippen LogP contribution is -2.50. The molecule has 3 N–H and O–H groups in total. The van der Waals surface area contributed by atoms with Crippen molar-refractivity contribution < 1.29 is 26.7 Å². The molecule has 4 aromatic heterocycles. The van der Waals surface area contributed by atoms with Crippen LogP contribution < -0.4 is 10.6 Å². The molecule has 5 rings (SSSR count). The van der Waals surface area contributed by atoms with Gasteiger partial charge in [0.25, 0.3) is 11.8 Å². The number of pyridine rings is 1. The van der Waals surface area contributed by atoms with Gasteiger partial charge in [-0.15, -0.1) is 0 Å². The zero-order valence-corrected chi connectivity index (χ0v) is 17.5. The Bertz CT molecular complexity index is 1370. The first-order valence-corrected chi connectivity index (χ1v) is 10.4. The summed E-state index contributed by atoms with van der Waals surface area (Å²) < 4.78 is 64.7. The van der Waals surface area contributed by atoms with Gasteiger partial charge in [-0.25, -0.2) is 18.3 Å². The van der Waals surface area contributed by atoms with Gasteiger partial charge < -0.3 is 15.6 Å². The fourth-order valence-corrected chi connectivity index (χ4v) is 3.90. The van der Waals surface area contributed by atoms with E-state index >= 15 is 0 Å². The van der Waals surface area contributed by atoms with Crippen LogP contribution >= 0.6 is 0 Å². The number of anilines is 1. The van der Waals surface area contributed by atoms with Crippen molar-refractivity contribution in [3.05, 3.63) is 42.5 Å².